The van der Waals surface area contributed by atoms with Crippen LogP contribution >= 0.6 is 11.3 Å². The van der Waals surface area contributed by atoms with E-state index in [2.05, 4.69) is 5.16 Å². The minimum absolute atomic E-state index is 0.354. The molecule has 4 heteroatoms. The summed E-state index contributed by atoms with van der Waals surface area (Å²) in [4.78, 5) is 16.1. The summed E-state index contributed by atoms with van der Waals surface area (Å²) in [6, 6.07) is 3.70. The third kappa shape index (κ3) is 2.17. The molecule has 0 fully saturated rings. The highest BCUT2D eigenvalue weighted by Crippen LogP contribution is 2.08. The highest BCUT2D eigenvalue weighted by atomic mass is 32.1. The molecule has 3 nitrogen and oxygen atoms in total. The Balaban J connectivity index is 2.76. The van der Waals surface area contributed by atoms with Gasteiger partial charge in [0.2, 0.25) is 0 Å². The number of carbonyl (C=O) groups is 1. The van der Waals surface area contributed by atoms with Gasteiger partial charge in [0.25, 0.3) is 0 Å². The van der Waals surface area contributed by atoms with E-state index in [1.807, 2.05) is 24.4 Å². The minimum atomic E-state index is 0.354. The van der Waals surface area contributed by atoms with E-state index in [0.29, 0.717) is 18.6 Å². The van der Waals surface area contributed by atoms with Crippen molar-refractivity contribution in [2.45, 2.75) is 6.92 Å². The van der Waals surface area contributed by atoms with Crippen LogP contribution in [0.4, 0.5) is 0 Å². The average Bonchev–Trinajstić information content (AvgIpc) is 2.59. The first-order valence-electron chi connectivity index (χ1n) is 3.57. The number of hydrogen-bond donors (Lipinski definition) is 0. The minimum Gasteiger partial charge on any atom is -0.395 e. The van der Waals surface area contributed by atoms with Gasteiger partial charge in [0.1, 0.15) is 6.61 Å². The normalized spacial score (nSPS) is 11.2. The van der Waals surface area contributed by atoms with Crippen molar-refractivity contribution in [1.82, 2.24) is 0 Å². The molecule has 0 N–H and O–H groups in total. The van der Waals surface area contributed by atoms with Crippen molar-refractivity contribution in [2.75, 3.05) is 6.61 Å². The van der Waals surface area contributed by atoms with E-state index in [1.165, 1.54) is 11.3 Å². The Hall–Kier alpha value is -1.16. The van der Waals surface area contributed by atoms with E-state index in [1.54, 1.807) is 0 Å². The molecule has 12 heavy (non-hydrogen) atoms. The van der Waals surface area contributed by atoms with Gasteiger partial charge in [-0.2, -0.15) is 0 Å². The van der Waals surface area contributed by atoms with Crippen LogP contribution in [0, 0.1) is 0 Å². The first-order chi connectivity index (χ1) is 5.88. The van der Waals surface area contributed by atoms with Crippen molar-refractivity contribution in [1.29, 1.82) is 0 Å². The van der Waals surface area contributed by atoms with Crippen LogP contribution in [-0.2, 0) is 9.63 Å². The molecule has 0 saturated carbocycles. The lowest BCUT2D eigenvalue weighted by atomic mass is 10.3. The van der Waals surface area contributed by atoms with Gasteiger partial charge in [-0.3, -0.25) is 4.79 Å². The SMILES string of the molecule is CCON=C(C=O)c1cccs1. The Morgan fingerprint density at radius 3 is 3.17 bits per heavy atom. The number of nitrogens with zero attached hydrogens (tertiary/aromatic N) is 1. The molecule has 1 aromatic rings. The van der Waals surface area contributed by atoms with Gasteiger partial charge in [0, 0.05) is 0 Å². The van der Waals surface area contributed by atoms with E-state index < -0.39 is 0 Å². The Labute approximate surface area is 74.7 Å². The van der Waals surface area contributed by atoms with Crippen molar-refractivity contribution >= 4 is 23.3 Å². The molecule has 0 spiro atoms. The Bertz CT molecular complexity index is 267. The number of aldehydes is 1. The van der Waals surface area contributed by atoms with Crippen LogP contribution in [0.3, 0.4) is 0 Å². The van der Waals surface area contributed by atoms with Crippen LogP contribution in [0.2, 0.25) is 0 Å². The summed E-state index contributed by atoms with van der Waals surface area (Å²) >= 11 is 1.46. The second-order valence-electron chi connectivity index (χ2n) is 1.99. The second kappa shape index (κ2) is 4.66. The third-order valence-corrected chi connectivity index (χ3v) is 2.07. The summed E-state index contributed by atoms with van der Waals surface area (Å²) in [6.45, 7) is 2.29. The Kier molecular flexibility index (Phi) is 3.47. The smallest absolute Gasteiger partial charge is 0.173 e. The van der Waals surface area contributed by atoms with Gasteiger partial charge in [-0.15, -0.1) is 11.3 Å². The lowest BCUT2D eigenvalue weighted by molar-refractivity contribution is -0.102. The third-order valence-electron chi connectivity index (χ3n) is 1.18. The first kappa shape index (κ1) is 8.93. The quantitative estimate of drug-likeness (QED) is 0.405. The van der Waals surface area contributed by atoms with Gasteiger partial charge < -0.3 is 4.84 Å². The van der Waals surface area contributed by atoms with Crippen molar-refractivity contribution < 1.29 is 9.63 Å². The highest BCUT2D eigenvalue weighted by molar-refractivity contribution is 7.12. The van der Waals surface area contributed by atoms with Crippen LogP contribution < -0.4 is 0 Å². The van der Waals surface area contributed by atoms with E-state index in [0.717, 1.165) is 4.88 Å². The molecule has 1 rings (SSSR count). The fraction of sp³-hybridized carbons (Fsp3) is 0.250. The molecule has 1 aromatic heterocycles. The molecule has 0 amide bonds. The maximum atomic E-state index is 10.5. The van der Waals surface area contributed by atoms with Crippen LogP contribution in [-0.4, -0.2) is 18.6 Å². The van der Waals surface area contributed by atoms with E-state index in [9.17, 15) is 4.79 Å². The molecule has 1 heterocycles. The van der Waals surface area contributed by atoms with Crippen molar-refractivity contribution in [2.24, 2.45) is 5.16 Å². The molecule has 0 saturated heterocycles. The summed E-state index contributed by atoms with van der Waals surface area (Å²) < 4.78 is 0. The zero-order valence-corrected chi connectivity index (χ0v) is 7.50. The lowest BCUT2D eigenvalue weighted by Gasteiger charge is -1.94. The first-order valence-corrected chi connectivity index (χ1v) is 4.45. The summed E-state index contributed by atoms with van der Waals surface area (Å²) in [6.07, 6.45) is 0.696. The molecule has 0 aliphatic heterocycles. The fourth-order valence-corrected chi connectivity index (χ4v) is 1.35. The monoisotopic (exact) mass is 183 g/mol. The van der Waals surface area contributed by atoms with Crippen molar-refractivity contribution in [3.8, 4) is 0 Å². The van der Waals surface area contributed by atoms with Crippen molar-refractivity contribution in [3.05, 3.63) is 22.4 Å². The van der Waals surface area contributed by atoms with Gasteiger partial charge in [0.05, 0.1) is 4.88 Å². The number of rotatable bonds is 4. The standard InChI is InChI=1S/C8H9NO2S/c1-2-11-9-7(6-10)8-4-3-5-12-8/h3-6H,2H2,1H3. The van der Waals surface area contributed by atoms with E-state index in [4.69, 9.17) is 4.84 Å². The Morgan fingerprint density at radius 1 is 1.83 bits per heavy atom. The lowest BCUT2D eigenvalue weighted by Crippen LogP contribution is -2.00. The maximum Gasteiger partial charge on any atom is 0.173 e. The number of hydrogen-bond acceptors (Lipinski definition) is 4. The van der Waals surface area contributed by atoms with Gasteiger partial charge in [-0.1, -0.05) is 11.2 Å². The maximum absolute atomic E-state index is 10.5. The van der Waals surface area contributed by atoms with Gasteiger partial charge in [-0.25, -0.2) is 0 Å². The molecular weight excluding hydrogens is 174 g/mol. The van der Waals surface area contributed by atoms with E-state index in [-0.39, 0.29) is 0 Å². The average molecular weight is 183 g/mol. The number of carbonyl (C=O) groups excluding carboxylic acids is 1. The van der Waals surface area contributed by atoms with Crippen LogP contribution in [0.25, 0.3) is 0 Å². The van der Waals surface area contributed by atoms with Gasteiger partial charge in [0.15, 0.2) is 12.0 Å². The van der Waals surface area contributed by atoms with Crippen LogP contribution in [0.1, 0.15) is 11.8 Å². The van der Waals surface area contributed by atoms with Crippen LogP contribution in [0.5, 0.6) is 0 Å². The molecule has 0 atom stereocenters. The zero-order valence-electron chi connectivity index (χ0n) is 6.69. The van der Waals surface area contributed by atoms with Crippen molar-refractivity contribution in [3.63, 3.8) is 0 Å². The summed E-state index contributed by atoms with van der Waals surface area (Å²) in [5.41, 5.74) is 0.354. The van der Waals surface area contributed by atoms with Gasteiger partial charge >= 0.3 is 0 Å². The Morgan fingerprint density at radius 2 is 2.67 bits per heavy atom. The number of oxime groups is 1. The second-order valence-corrected chi connectivity index (χ2v) is 2.94. The van der Waals surface area contributed by atoms with Crippen LogP contribution in [0.15, 0.2) is 22.7 Å². The molecule has 0 aromatic carbocycles. The summed E-state index contributed by atoms with van der Waals surface area (Å²) in [5, 5.41) is 5.55. The van der Waals surface area contributed by atoms with Gasteiger partial charge in [-0.05, 0) is 18.4 Å². The van der Waals surface area contributed by atoms with E-state index >= 15 is 0 Å². The molecule has 64 valence electrons. The predicted octanol–water partition coefficient (Wildman–Crippen LogP) is 1.69. The topological polar surface area (TPSA) is 38.7 Å². The highest BCUT2D eigenvalue weighted by Gasteiger charge is 2.02. The molecule has 0 radical (unpaired) electrons. The molecule has 0 bridgehead atoms. The largest absolute Gasteiger partial charge is 0.395 e. The molecule has 0 aliphatic carbocycles. The summed E-state index contributed by atoms with van der Waals surface area (Å²) in [7, 11) is 0. The molecule has 0 unspecified atom stereocenters. The predicted molar refractivity (Wildman–Crippen MR) is 48.5 cm³/mol. The fourth-order valence-electron chi connectivity index (χ4n) is 0.683. The zero-order chi connectivity index (χ0) is 8.81. The number of thiophene rings is 1. The molecular formula is C8H9NO2S. The molecule has 0 aliphatic rings. The summed E-state index contributed by atoms with van der Waals surface area (Å²) in [5.74, 6) is 0.